The molecule has 1 heterocycles. The quantitative estimate of drug-likeness (QED) is 0.913. The normalized spacial score (nSPS) is 15.4. The molecule has 0 spiro atoms. The van der Waals surface area contributed by atoms with E-state index in [4.69, 9.17) is 0 Å². The zero-order valence-electron chi connectivity index (χ0n) is 9.18. The number of aryl methyl sites for hydroxylation is 1. The molecule has 1 N–H and O–H groups in total. The van der Waals surface area contributed by atoms with Gasteiger partial charge >= 0.3 is 0 Å². The molecule has 0 aliphatic heterocycles. The molecule has 1 saturated carbocycles. The first-order valence-electron chi connectivity index (χ1n) is 5.50. The van der Waals surface area contributed by atoms with Crippen LogP contribution in [0.25, 0.3) is 0 Å². The summed E-state index contributed by atoms with van der Waals surface area (Å²) in [5, 5.41) is 3.12. The van der Waals surface area contributed by atoms with Gasteiger partial charge in [0.1, 0.15) is 11.6 Å². The summed E-state index contributed by atoms with van der Waals surface area (Å²) in [7, 11) is 1.90. The van der Waals surface area contributed by atoms with Gasteiger partial charge in [-0.05, 0) is 35.2 Å². The van der Waals surface area contributed by atoms with Crippen molar-refractivity contribution in [1.82, 2.24) is 9.97 Å². The van der Waals surface area contributed by atoms with Crippen molar-refractivity contribution >= 4 is 21.7 Å². The van der Waals surface area contributed by atoms with Gasteiger partial charge in [0.25, 0.3) is 0 Å². The van der Waals surface area contributed by atoms with Crippen LogP contribution in [0.2, 0.25) is 0 Å². The fourth-order valence-corrected chi connectivity index (χ4v) is 2.34. The van der Waals surface area contributed by atoms with Crippen molar-refractivity contribution in [2.24, 2.45) is 0 Å². The van der Waals surface area contributed by atoms with Gasteiger partial charge in [-0.2, -0.15) is 0 Å². The molecule has 2 rings (SSSR count). The maximum atomic E-state index is 4.63. The summed E-state index contributed by atoms with van der Waals surface area (Å²) in [6.07, 6.45) is 4.59. The van der Waals surface area contributed by atoms with E-state index < -0.39 is 0 Å². The summed E-state index contributed by atoms with van der Waals surface area (Å²) in [4.78, 5) is 9.12. The largest absolute Gasteiger partial charge is 0.372 e. The van der Waals surface area contributed by atoms with E-state index in [1.165, 1.54) is 18.5 Å². The van der Waals surface area contributed by atoms with Gasteiger partial charge in [-0.1, -0.05) is 6.92 Å². The third-order valence-corrected chi connectivity index (χ3v) is 3.38. The van der Waals surface area contributed by atoms with Crippen molar-refractivity contribution in [2.45, 2.75) is 38.5 Å². The Morgan fingerprint density at radius 3 is 2.67 bits per heavy atom. The second kappa shape index (κ2) is 4.47. The standard InChI is InChI=1S/C11H16BrN3/c1-3-4-8-14-10(7-5-6-7)9(12)11(13-2)15-8/h7H,3-6H2,1-2H3,(H,13,14,15). The topological polar surface area (TPSA) is 37.8 Å². The second-order valence-electron chi connectivity index (χ2n) is 3.96. The summed E-state index contributed by atoms with van der Waals surface area (Å²) in [6, 6.07) is 0. The zero-order valence-corrected chi connectivity index (χ0v) is 10.8. The van der Waals surface area contributed by atoms with E-state index >= 15 is 0 Å². The van der Waals surface area contributed by atoms with Crippen LogP contribution in [0.3, 0.4) is 0 Å². The Morgan fingerprint density at radius 1 is 1.40 bits per heavy atom. The van der Waals surface area contributed by atoms with Crippen molar-refractivity contribution in [1.29, 1.82) is 0 Å². The highest BCUT2D eigenvalue weighted by Crippen LogP contribution is 2.43. The van der Waals surface area contributed by atoms with E-state index in [-0.39, 0.29) is 0 Å². The van der Waals surface area contributed by atoms with Crippen molar-refractivity contribution < 1.29 is 0 Å². The maximum Gasteiger partial charge on any atom is 0.144 e. The van der Waals surface area contributed by atoms with E-state index in [1.54, 1.807) is 0 Å². The lowest BCUT2D eigenvalue weighted by Crippen LogP contribution is -2.05. The van der Waals surface area contributed by atoms with Gasteiger partial charge in [0.05, 0.1) is 10.2 Å². The molecule has 0 radical (unpaired) electrons. The van der Waals surface area contributed by atoms with Gasteiger partial charge in [0.2, 0.25) is 0 Å². The Bertz CT molecular complexity index is 361. The van der Waals surface area contributed by atoms with Crippen molar-refractivity contribution in [3.05, 3.63) is 16.0 Å². The van der Waals surface area contributed by atoms with E-state index in [2.05, 4.69) is 38.1 Å². The first-order chi connectivity index (χ1) is 7.26. The molecule has 15 heavy (non-hydrogen) atoms. The second-order valence-corrected chi connectivity index (χ2v) is 4.75. The fraction of sp³-hybridized carbons (Fsp3) is 0.636. The summed E-state index contributed by atoms with van der Waals surface area (Å²) >= 11 is 3.58. The lowest BCUT2D eigenvalue weighted by atomic mass is 10.2. The molecule has 0 aromatic carbocycles. The van der Waals surface area contributed by atoms with E-state index in [0.717, 1.165) is 29.0 Å². The van der Waals surface area contributed by atoms with Crippen LogP contribution >= 0.6 is 15.9 Å². The van der Waals surface area contributed by atoms with Gasteiger partial charge in [-0.25, -0.2) is 9.97 Å². The molecule has 1 aliphatic rings. The third-order valence-electron chi connectivity index (χ3n) is 2.60. The molecule has 0 bridgehead atoms. The van der Waals surface area contributed by atoms with Crippen LogP contribution in [0.15, 0.2) is 4.47 Å². The summed E-state index contributed by atoms with van der Waals surface area (Å²) in [5.74, 6) is 2.55. The highest BCUT2D eigenvalue weighted by atomic mass is 79.9. The van der Waals surface area contributed by atoms with Crippen LogP contribution in [-0.2, 0) is 6.42 Å². The van der Waals surface area contributed by atoms with Crippen LogP contribution in [0.1, 0.15) is 43.6 Å². The van der Waals surface area contributed by atoms with Gasteiger partial charge < -0.3 is 5.32 Å². The minimum absolute atomic E-state index is 0.657. The molecule has 0 saturated heterocycles. The van der Waals surface area contributed by atoms with Crippen molar-refractivity contribution in [2.75, 3.05) is 12.4 Å². The number of rotatable bonds is 4. The Morgan fingerprint density at radius 2 is 2.13 bits per heavy atom. The van der Waals surface area contributed by atoms with E-state index in [1.807, 2.05) is 7.05 Å². The molecule has 1 aromatic rings. The van der Waals surface area contributed by atoms with Gasteiger partial charge in [0, 0.05) is 19.4 Å². The first kappa shape index (κ1) is 10.9. The zero-order chi connectivity index (χ0) is 10.8. The molecular weight excluding hydrogens is 254 g/mol. The molecule has 1 fully saturated rings. The number of hydrogen-bond donors (Lipinski definition) is 1. The van der Waals surface area contributed by atoms with Crippen molar-refractivity contribution in [3.63, 3.8) is 0 Å². The third kappa shape index (κ3) is 2.30. The lowest BCUT2D eigenvalue weighted by molar-refractivity contribution is 0.809. The van der Waals surface area contributed by atoms with Gasteiger partial charge in [-0.15, -0.1) is 0 Å². The van der Waals surface area contributed by atoms with E-state index in [9.17, 15) is 0 Å². The Hall–Kier alpha value is -0.640. The lowest BCUT2D eigenvalue weighted by Gasteiger charge is -2.09. The minimum Gasteiger partial charge on any atom is -0.372 e. The molecule has 0 atom stereocenters. The fourth-order valence-electron chi connectivity index (χ4n) is 1.64. The van der Waals surface area contributed by atoms with Crippen LogP contribution in [0, 0.1) is 0 Å². The smallest absolute Gasteiger partial charge is 0.144 e. The molecule has 4 heteroatoms. The van der Waals surface area contributed by atoms with Crippen molar-refractivity contribution in [3.8, 4) is 0 Å². The number of halogens is 1. The summed E-state index contributed by atoms with van der Waals surface area (Å²) < 4.78 is 1.05. The van der Waals surface area contributed by atoms with Crippen LogP contribution in [-0.4, -0.2) is 17.0 Å². The maximum absolute atomic E-state index is 4.63. The number of aromatic nitrogens is 2. The SMILES string of the molecule is CCCc1nc(NC)c(Br)c(C2CC2)n1. The average molecular weight is 270 g/mol. The summed E-state index contributed by atoms with van der Waals surface area (Å²) in [6.45, 7) is 2.15. The highest BCUT2D eigenvalue weighted by Gasteiger charge is 2.29. The highest BCUT2D eigenvalue weighted by molar-refractivity contribution is 9.10. The van der Waals surface area contributed by atoms with Crippen LogP contribution in [0.5, 0.6) is 0 Å². The van der Waals surface area contributed by atoms with E-state index in [0.29, 0.717) is 5.92 Å². The minimum atomic E-state index is 0.657. The number of anilines is 1. The molecule has 0 amide bonds. The Labute approximate surface area is 98.8 Å². The molecule has 1 aromatic heterocycles. The Balaban J connectivity index is 2.38. The molecule has 3 nitrogen and oxygen atoms in total. The first-order valence-corrected chi connectivity index (χ1v) is 6.29. The number of hydrogen-bond acceptors (Lipinski definition) is 3. The molecular formula is C11H16BrN3. The van der Waals surface area contributed by atoms with Gasteiger partial charge in [0.15, 0.2) is 0 Å². The van der Waals surface area contributed by atoms with Gasteiger partial charge in [-0.3, -0.25) is 0 Å². The molecule has 1 aliphatic carbocycles. The average Bonchev–Trinajstić information content (AvgIpc) is 3.04. The predicted molar refractivity (Wildman–Crippen MR) is 65.2 cm³/mol. The summed E-state index contributed by atoms with van der Waals surface area (Å²) in [5.41, 5.74) is 1.19. The molecule has 82 valence electrons. The monoisotopic (exact) mass is 269 g/mol. The van der Waals surface area contributed by atoms with Crippen LogP contribution in [0.4, 0.5) is 5.82 Å². The van der Waals surface area contributed by atoms with Crippen LogP contribution < -0.4 is 5.32 Å². The Kier molecular flexibility index (Phi) is 3.24. The molecule has 0 unspecified atom stereocenters. The predicted octanol–water partition coefficient (Wildman–Crippen LogP) is 3.11. The number of nitrogens with one attached hydrogen (secondary N) is 1. The number of nitrogens with zero attached hydrogens (tertiary/aromatic N) is 2.